The number of thioether (sulfide) groups is 1. The summed E-state index contributed by atoms with van der Waals surface area (Å²) in [5, 5.41) is 3.27. The number of esters is 1. The third-order valence-corrected chi connectivity index (χ3v) is 4.97. The van der Waals surface area contributed by atoms with Gasteiger partial charge in [-0.15, -0.1) is 11.8 Å². The van der Waals surface area contributed by atoms with E-state index in [0.29, 0.717) is 12.4 Å². The van der Waals surface area contributed by atoms with E-state index in [4.69, 9.17) is 4.74 Å². The van der Waals surface area contributed by atoms with Crippen LogP contribution in [-0.2, 0) is 14.3 Å². The fraction of sp³-hybridized carbons (Fsp3) is 0.818. The maximum atomic E-state index is 11.9. The first kappa shape index (κ1) is 11.9. The number of carbonyl (C=O) groups is 2. The second-order valence-electron chi connectivity index (χ2n) is 4.25. The molecule has 0 aromatic carbocycles. The van der Waals surface area contributed by atoms with Gasteiger partial charge in [0, 0.05) is 4.75 Å². The molecule has 1 spiro atoms. The van der Waals surface area contributed by atoms with E-state index in [1.165, 1.54) is 0 Å². The number of nitrogens with one attached hydrogen (secondary N) is 1. The summed E-state index contributed by atoms with van der Waals surface area (Å²) in [6, 6.07) is 0. The Kier molecular flexibility index (Phi) is 3.54. The molecule has 4 nitrogen and oxygen atoms in total. The van der Waals surface area contributed by atoms with E-state index < -0.39 is 5.92 Å². The molecular weight excluding hydrogens is 226 g/mol. The van der Waals surface area contributed by atoms with Gasteiger partial charge in [0.05, 0.1) is 12.4 Å². The molecule has 0 radical (unpaired) electrons. The molecule has 0 aromatic heterocycles. The maximum absolute atomic E-state index is 11.9. The zero-order valence-corrected chi connectivity index (χ0v) is 10.3. The molecule has 2 fully saturated rings. The molecule has 0 aromatic rings. The van der Waals surface area contributed by atoms with Crippen LogP contribution in [0.15, 0.2) is 0 Å². The predicted molar refractivity (Wildman–Crippen MR) is 62.4 cm³/mol. The Bertz CT molecular complexity index is 300. The van der Waals surface area contributed by atoms with Crippen LogP contribution in [0.2, 0.25) is 0 Å². The normalized spacial score (nSPS) is 28.3. The van der Waals surface area contributed by atoms with E-state index in [0.717, 1.165) is 25.9 Å². The highest BCUT2D eigenvalue weighted by molar-refractivity contribution is 8.01. The number of piperidine rings is 1. The van der Waals surface area contributed by atoms with Gasteiger partial charge in [0.1, 0.15) is 5.92 Å². The average Bonchev–Trinajstić information content (AvgIpc) is 2.57. The molecule has 1 N–H and O–H groups in total. The smallest absolute Gasteiger partial charge is 0.317 e. The Balaban J connectivity index is 2.17. The number of carbonyl (C=O) groups excluding carboxylic acids is 2. The van der Waals surface area contributed by atoms with Crippen molar-refractivity contribution in [1.82, 2.24) is 5.32 Å². The summed E-state index contributed by atoms with van der Waals surface area (Å²) in [6.07, 6.45) is 1.76. The van der Waals surface area contributed by atoms with Crippen molar-refractivity contribution in [3.05, 3.63) is 0 Å². The Morgan fingerprint density at radius 2 is 2.25 bits per heavy atom. The number of Topliss-reactive ketones (excluding diaryl/α,β-unsaturated/α-hetero) is 1. The van der Waals surface area contributed by atoms with Crippen molar-refractivity contribution in [1.29, 1.82) is 0 Å². The summed E-state index contributed by atoms with van der Waals surface area (Å²) in [5.41, 5.74) is 0. The van der Waals surface area contributed by atoms with Crippen LogP contribution in [0, 0.1) is 5.92 Å². The average molecular weight is 243 g/mol. The number of rotatable bonds is 2. The third kappa shape index (κ3) is 1.98. The van der Waals surface area contributed by atoms with Crippen LogP contribution >= 0.6 is 11.8 Å². The first-order valence-electron chi connectivity index (χ1n) is 5.73. The minimum Gasteiger partial charge on any atom is -0.465 e. The molecular formula is C11H17NO3S. The largest absolute Gasteiger partial charge is 0.465 e. The monoisotopic (exact) mass is 243 g/mol. The summed E-state index contributed by atoms with van der Waals surface area (Å²) in [5.74, 6) is -0.340. The molecule has 16 heavy (non-hydrogen) atoms. The second kappa shape index (κ2) is 4.75. The molecule has 0 bridgehead atoms. The maximum Gasteiger partial charge on any atom is 0.317 e. The zero-order valence-electron chi connectivity index (χ0n) is 9.45. The summed E-state index contributed by atoms with van der Waals surface area (Å²) in [4.78, 5) is 23.7. The van der Waals surface area contributed by atoms with Gasteiger partial charge in [-0.2, -0.15) is 0 Å². The van der Waals surface area contributed by atoms with Gasteiger partial charge in [-0.3, -0.25) is 9.59 Å². The van der Waals surface area contributed by atoms with Crippen molar-refractivity contribution in [2.45, 2.75) is 24.5 Å². The highest BCUT2D eigenvalue weighted by atomic mass is 32.2. The topological polar surface area (TPSA) is 55.4 Å². The predicted octanol–water partition coefficient (Wildman–Crippen LogP) is 0.604. The summed E-state index contributed by atoms with van der Waals surface area (Å²) in [6.45, 7) is 3.90. The molecule has 2 rings (SSSR count). The number of ether oxygens (including phenoxy) is 1. The van der Waals surface area contributed by atoms with E-state index in [1.807, 2.05) is 0 Å². The summed E-state index contributed by atoms with van der Waals surface area (Å²) < 4.78 is 4.84. The Morgan fingerprint density at radius 3 is 2.88 bits per heavy atom. The van der Waals surface area contributed by atoms with Crippen molar-refractivity contribution in [3.8, 4) is 0 Å². The van der Waals surface area contributed by atoms with Gasteiger partial charge >= 0.3 is 5.97 Å². The van der Waals surface area contributed by atoms with Crippen LogP contribution in [0.3, 0.4) is 0 Å². The molecule has 90 valence electrons. The van der Waals surface area contributed by atoms with Crippen LogP contribution in [-0.4, -0.2) is 41.9 Å². The molecule has 0 amide bonds. The molecule has 2 aliphatic heterocycles. The van der Waals surface area contributed by atoms with E-state index in [9.17, 15) is 9.59 Å². The quantitative estimate of drug-likeness (QED) is 0.568. The lowest BCUT2D eigenvalue weighted by atomic mass is 9.82. The zero-order chi connectivity index (χ0) is 11.6. The lowest BCUT2D eigenvalue weighted by molar-refractivity contribution is -0.152. The molecule has 1 unspecified atom stereocenters. The first-order chi connectivity index (χ1) is 7.69. The number of hydrogen-bond donors (Lipinski definition) is 1. The van der Waals surface area contributed by atoms with Crippen LogP contribution in [0.5, 0.6) is 0 Å². The molecule has 5 heteroatoms. The number of hydrogen-bond acceptors (Lipinski definition) is 5. The molecule has 0 saturated carbocycles. The van der Waals surface area contributed by atoms with Crippen molar-refractivity contribution >= 4 is 23.5 Å². The Morgan fingerprint density at radius 1 is 1.56 bits per heavy atom. The minimum atomic E-state index is -0.528. The first-order valence-corrected chi connectivity index (χ1v) is 6.72. The van der Waals surface area contributed by atoms with E-state index >= 15 is 0 Å². The molecule has 1 atom stereocenters. The fourth-order valence-corrected chi connectivity index (χ4v) is 4.01. The van der Waals surface area contributed by atoms with Gasteiger partial charge in [0.25, 0.3) is 0 Å². The van der Waals surface area contributed by atoms with Gasteiger partial charge in [-0.05, 0) is 32.9 Å². The summed E-state index contributed by atoms with van der Waals surface area (Å²) >= 11 is 1.65. The lowest BCUT2D eigenvalue weighted by Gasteiger charge is -2.36. The van der Waals surface area contributed by atoms with Crippen LogP contribution in [0.1, 0.15) is 19.8 Å². The SMILES string of the molecule is CCOC(=O)C1C(=O)CSC12CCNCC2. The third-order valence-electron chi connectivity index (χ3n) is 3.32. The summed E-state index contributed by atoms with van der Waals surface area (Å²) in [7, 11) is 0. The van der Waals surface area contributed by atoms with E-state index in [1.54, 1.807) is 18.7 Å². The fourth-order valence-electron chi connectivity index (χ4n) is 2.53. The van der Waals surface area contributed by atoms with Gasteiger partial charge in [0.15, 0.2) is 5.78 Å². The highest BCUT2D eigenvalue weighted by Gasteiger charge is 2.53. The molecule has 2 aliphatic rings. The van der Waals surface area contributed by atoms with E-state index in [2.05, 4.69) is 5.32 Å². The Hall–Kier alpha value is -0.550. The van der Waals surface area contributed by atoms with Gasteiger partial charge in [0.2, 0.25) is 0 Å². The van der Waals surface area contributed by atoms with Gasteiger partial charge in [-0.25, -0.2) is 0 Å². The minimum absolute atomic E-state index is 0.0466. The molecule has 0 aliphatic carbocycles. The van der Waals surface area contributed by atoms with Crippen molar-refractivity contribution in [3.63, 3.8) is 0 Å². The van der Waals surface area contributed by atoms with Crippen LogP contribution in [0.4, 0.5) is 0 Å². The Labute approximate surface area is 99.5 Å². The highest BCUT2D eigenvalue weighted by Crippen LogP contribution is 2.47. The lowest BCUT2D eigenvalue weighted by Crippen LogP contribution is -2.47. The molecule has 2 heterocycles. The van der Waals surface area contributed by atoms with Crippen LogP contribution < -0.4 is 5.32 Å². The van der Waals surface area contributed by atoms with Crippen molar-refractivity contribution in [2.75, 3.05) is 25.4 Å². The van der Waals surface area contributed by atoms with Gasteiger partial charge in [-0.1, -0.05) is 0 Å². The van der Waals surface area contributed by atoms with Gasteiger partial charge < -0.3 is 10.1 Å². The number of ketones is 1. The second-order valence-corrected chi connectivity index (χ2v) is 5.65. The van der Waals surface area contributed by atoms with E-state index in [-0.39, 0.29) is 16.5 Å². The van der Waals surface area contributed by atoms with Crippen molar-refractivity contribution < 1.29 is 14.3 Å². The molecule has 2 saturated heterocycles. The van der Waals surface area contributed by atoms with Crippen molar-refractivity contribution in [2.24, 2.45) is 5.92 Å². The standard InChI is InChI=1S/C11H17NO3S/c1-2-15-10(14)9-8(13)7-16-11(9)3-5-12-6-4-11/h9,12H,2-7H2,1H3. The van der Waals surface area contributed by atoms with Crippen LogP contribution in [0.25, 0.3) is 0 Å².